The third-order valence-corrected chi connectivity index (χ3v) is 5.60. The minimum absolute atomic E-state index is 0. The Morgan fingerprint density at radius 1 is 0.897 bits per heavy atom. The molecule has 3 aromatic rings. The number of nitrogens with zero attached hydrogens (tertiary/aromatic N) is 4. The van der Waals surface area contributed by atoms with Gasteiger partial charge in [-0.25, -0.2) is 11.6 Å². The molecule has 5 heteroatoms. The molecule has 2 aliphatic rings. The van der Waals surface area contributed by atoms with Gasteiger partial charge >= 0.3 is 20.1 Å². The van der Waals surface area contributed by atoms with Crippen molar-refractivity contribution in [2.75, 3.05) is 0 Å². The van der Waals surface area contributed by atoms with E-state index < -0.39 is 0 Å². The van der Waals surface area contributed by atoms with Gasteiger partial charge in [0, 0.05) is 24.3 Å². The van der Waals surface area contributed by atoms with E-state index in [0.717, 1.165) is 17.2 Å². The van der Waals surface area contributed by atoms with Crippen LogP contribution in [-0.4, -0.2) is 21.0 Å². The Hall–Kier alpha value is -1.94. The molecule has 150 valence electrons. The van der Waals surface area contributed by atoms with Crippen molar-refractivity contribution in [3.8, 4) is 11.3 Å². The van der Waals surface area contributed by atoms with Gasteiger partial charge < -0.3 is 15.3 Å². The number of piperidine rings is 1. The van der Waals surface area contributed by atoms with E-state index in [9.17, 15) is 0 Å². The van der Waals surface area contributed by atoms with Gasteiger partial charge in [-0.15, -0.1) is 48.0 Å². The number of hydrogen-bond donors (Lipinski definition) is 0. The van der Waals surface area contributed by atoms with Crippen molar-refractivity contribution >= 4 is 0 Å². The van der Waals surface area contributed by atoms with E-state index >= 15 is 0 Å². The topological polar surface area (TPSA) is 52.8 Å². The van der Waals surface area contributed by atoms with Gasteiger partial charge in [-0.1, -0.05) is 56.8 Å². The second-order valence-corrected chi connectivity index (χ2v) is 7.41. The van der Waals surface area contributed by atoms with Crippen molar-refractivity contribution in [3.05, 3.63) is 84.3 Å². The van der Waals surface area contributed by atoms with Gasteiger partial charge in [-0.3, -0.25) is 4.98 Å². The summed E-state index contributed by atoms with van der Waals surface area (Å²) in [6, 6.07) is 17.1. The first-order valence-electron chi connectivity index (χ1n) is 10.1. The van der Waals surface area contributed by atoms with Gasteiger partial charge in [0.2, 0.25) is 0 Å². The Morgan fingerprint density at radius 2 is 1.83 bits per heavy atom. The fourth-order valence-electron chi connectivity index (χ4n) is 4.16. The zero-order valence-electron chi connectivity index (χ0n) is 16.4. The normalized spacial score (nSPS) is 23.0. The first-order chi connectivity index (χ1) is 13.9. The summed E-state index contributed by atoms with van der Waals surface area (Å²) in [4.78, 5) is 12.2. The van der Waals surface area contributed by atoms with Crippen LogP contribution >= 0.6 is 0 Å². The van der Waals surface area contributed by atoms with E-state index in [4.69, 9.17) is 5.32 Å². The molecule has 1 saturated carbocycles. The standard InChI is InChI=1S/C14H18N2.C10H7N2.Ir/c1-2-4-13-11(3-1)5-6-14(16-13)12-7-9-15-10-8-12;1-2-4-9(5-3-1)10-8-11-6-7-12-10;/h7,9-11,13-14H,1-6H2;1-4,6-8H;/q-2;-1;+3. The maximum absolute atomic E-state index is 5.02. The minimum atomic E-state index is 0. The number of hydrogen-bond acceptors (Lipinski definition) is 3. The molecule has 3 unspecified atom stereocenters. The molecule has 0 spiro atoms. The summed E-state index contributed by atoms with van der Waals surface area (Å²) in [6.07, 6.45) is 16.8. The molecule has 0 amide bonds. The molecular weight excluding hydrogens is 537 g/mol. The van der Waals surface area contributed by atoms with Crippen molar-refractivity contribution in [2.45, 2.75) is 50.6 Å². The quantitative estimate of drug-likeness (QED) is 0.384. The van der Waals surface area contributed by atoms with Crippen LogP contribution in [-0.2, 0) is 20.1 Å². The van der Waals surface area contributed by atoms with Crippen LogP contribution in [0.3, 0.4) is 0 Å². The van der Waals surface area contributed by atoms with Crippen LogP contribution in [0.25, 0.3) is 16.6 Å². The zero-order chi connectivity index (χ0) is 19.0. The molecule has 2 fully saturated rings. The van der Waals surface area contributed by atoms with Gasteiger partial charge in [0.05, 0.1) is 0 Å². The summed E-state index contributed by atoms with van der Waals surface area (Å²) in [6.45, 7) is 0. The predicted molar refractivity (Wildman–Crippen MR) is 110 cm³/mol. The van der Waals surface area contributed by atoms with Crippen molar-refractivity contribution < 1.29 is 20.1 Å². The molecule has 29 heavy (non-hydrogen) atoms. The van der Waals surface area contributed by atoms with Gasteiger partial charge in [0.1, 0.15) is 0 Å². The van der Waals surface area contributed by atoms with Gasteiger partial charge in [0.25, 0.3) is 0 Å². The Morgan fingerprint density at radius 3 is 2.59 bits per heavy atom. The molecular formula is C24H25IrN4. The number of benzene rings is 1. The van der Waals surface area contributed by atoms with Gasteiger partial charge in [-0.2, -0.15) is 6.07 Å². The van der Waals surface area contributed by atoms with Gasteiger partial charge in [0.15, 0.2) is 0 Å². The third-order valence-electron chi connectivity index (χ3n) is 5.60. The van der Waals surface area contributed by atoms with E-state index in [1.54, 1.807) is 24.8 Å². The largest absolute Gasteiger partial charge is 3.00 e. The number of rotatable bonds is 2. The summed E-state index contributed by atoms with van der Waals surface area (Å²) in [5, 5.41) is 5.02. The van der Waals surface area contributed by atoms with Crippen LogP contribution in [0, 0.1) is 18.1 Å². The van der Waals surface area contributed by atoms with Crippen LogP contribution < -0.4 is 0 Å². The molecule has 3 heterocycles. The van der Waals surface area contributed by atoms with Crippen LogP contribution in [0.15, 0.2) is 61.3 Å². The van der Waals surface area contributed by atoms with Crippen LogP contribution in [0.2, 0.25) is 0 Å². The molecule has 0 N–H and O–H groups in total. The van der Waals surface area contributed by atoms with E-state index in [1.165, 1.54) is 44.1 Å². The molecule has 1 aliphatic heterocycles. The minimum Gasteiger partial charge on any atom is -0.655 e. The maximum Gasteiger partial charge on any atom is 3.00 e. The number of fused-ring (bicyclic) bond motifs is 1. The van der Waals surface area contributed by atoms with E-state index in [-0.39, 0.29) is 20.1 Å². The average Bonchev–Trinajstić information content (AvgIpc) is 2.81. The molecule has 1 saturated heterocycles. The van der Waals surface area contributed by atoms with Crippen molar-refractivity contribution in [1.82, 2.24) is 15.0 Å². The SMILES string of the molecule is [Ir+3].[c-]1ccccc1-c1cnccn1.[c-]1cnccc1C1CCC2CCCCC2[N-]1. The monoisotopic (exact) mass is 562 g/mol. The fourth-order valence-corrected chi connectivity index (χ4v) is 4.16. The number of aromatic nitrogens is 3. The van der Waals surface area contributed by atoms with Crippen LogP contribution in [0.4, 0.5) is 0 Å². The second-order valence-electron chi connectivity index (χ2n) is 7.41. The number of pyridine rings is 1. The van der Waals surface area contributed by atoms with Crippen LogP contribution in [0.5, 0.6) is 0 Å². The Labute approximate surface area is 187 Å². The Kier molecular flexibility index (Phi) is 8.48. The smallest absolute Gasteiger partial charge is 0.655 e. The summed E-state index contributed by atoms with van der Waals surface area (Å²) in [5.74, 6) is 0.881. The molecule has 5 rings (SSSR count). The summed E-state index contributed by atoms with van der Waals surface area (Å²) in [7, 11) is 0. The first-order valence-corrected chi connectivity index (χ1v) is 10.1. The van der Waals surface area contributed by atoms with E-state index in [0.29, 0.717) is 12.1 Å². The second kappa shape index (κ2) is 11.3. The fraction of sp³-hybridized carbons (Fsp3) is 0.375. The Balaban J connectivity index is 0.000000167. The van der Waals surface area contributed by atoms with Crippen LogP contribution in [0.1, 0.15) is 50.1 Å². The molecule has 3 atom stereocenters. The molecule has 1 aromatic carbocycles. The molecule has 2 aromatic heterocycles. The van der Waals surface area contributed by atoms with E-state index in [2.05, 4.69) is 33.2 Å². The zero-order valence-corrected chi connectivity index (χ0v) is 18.8. The molecule has 1 aliphatic carbocycles. The Bertz CT molecular complexity index is 792. The summed E-state index contributed by atoms with van der Waals surface area (Å²) < 4.78 is 0. The maximum atomic E-state index is 5.02. The molecule has 4 nitrogen and oxygen atoms in total. The first kappa shape index (κ1) is 21.8. The summed E-state index contributed by atoms with van der Waals surface area (Å²) >= 11 is 0. The summed E-state index contributed by atoms with van der Waals surface area (Å²) in [5.41, 5.74) is 3.07. The molecule has 0 radical (unpaired) electrons. The third kappa shape index (κ3) is 6.02. The predicted octanol–water partition coefficient (Wildman–Crippen LogP) is 5.59. The molecule has 0 bridgehead atoms. The van der Waals surface area contributed by atoms with Crippen molar-refractivity contribution in [3.63, 3.8) is 0 Å². The average molecular weight is 562 g/mol. The van der Waals surface area contributed by atoms with Gasteiger partial charge in [-0.05, 0) is 0 Å². The van der Waals surface area contributed by atoms with Crippen molar-refractivity contribution in [1.29, 1.82) is 0 Å². The van der Waals surface area contributed by atoms with Crippen molar-refractivity contribution in [2.24, 2.45) is 5.92 Å². The van der Waals surface area contributed by atoms with E-state index in [1.807, 2.05) is 30.5 Å².